The minimum absolute atomic E-state index is 0.120. The first-order valence-electron chi connectivity index (χ1n) is 10.1. The van der Waals surface area contributed by atoms with Crippen molar-refractivity contribution in [2.45, 2.75) is 25.9 Å². The standard InChI is InChI=1S/C24H27ClN2O4/c1-4-31-24(2)14-16(8-11-22(24)30-3)15-26-18-6-5-7-19(13-18)27-23(29)20-12-17(25)9-10-21(20)28/h5-13,26,28H,4,14-15H2,1-3H3,(H,27,29). The highest BCUT2D eigenvalue weighted by molar-refractivity contribution is 6.31. The van der Waals surface area contributed by atoms with Gasteiger partial charge in [-0.1, -0.05) is 23.7 Å². The SMILES string of the molecule is CCOC1(C)CC(CNc2cccc(NC(=O)c3cc(Cl)ccc3O)c2)=CC=C1OC. The lowest BCUT2D eigenvalue weighted by molar-refractivity contribution is -0.0324. The summed E-state index contributed by atoms with van der Waals surface area (Å²) in [4.78, 5) is 12.5. The molecule has 1 aliphatic carbocycles. The van der Waals surface area contributed by atoms with Crippen molar-refractivity contribution >= 4 is 28.9 Å². The second kappa shape index (κ2) is 9.90. The Labute approximate surface area is 187 Å². The van der Waals surface area contributed by atoms with E-state index in [4.69, 9.17) is 21.1 Å². The molecule has 0 spiro atoms. The Morgan fingerprint density at radius 1 is 1.19 bits per heavy atom. The highest BCUT2D eigenvalue weighted by atomic mass is 35.5. The molecule has 1 amide bonds. The number of ether oxygens (including phenoxy) is 2. The normalized spacial score (nSPS) is 18.1. The van der Waals surface area contributed by atoms with E-state index in [2.05, 4.69) is 10.6 Å². The Kier molecular flexibility index (Phi) is 7.25. The predicted molar refractivity (Wildman–Crippen MR) is 124 cm³/mol. The molecule has 0 aliphatic heterocycles. The average Bonchev–Trinajstić information content (AvgIpc) is 2.74. The zero-order valence-electron chi connectivity index (χ0n) is 17.9. The average molecular weight is 443 g/mol. The van der Waals surface area contributed by atoms with Crippen LogP contribution in [0.2, 0.25) is 5.02 Å². The molecular formula is C24H27ClN2O4. The summed E-state index contributed by atoms with van der Waals surface area (Å²) in [6, 6.07) is 11.7. The van der Waals surface area contributed by atoms with Crippen LogP contribution in [0.1, 0.15) is 30.6 Å². The predicted octanol–water partition coefficient (Wildman–Crippen LogP) is 5.37. The van der Waals surface area contributed by atoms with Gasteiger partial charge in [0.2, 0.25) is 0 Å². The first-order chi connectivity index (χ1) is 14.8. The van der Waals surface area contributed by atoms with Gasteiger partial charge in [0, 0.05) is 36.0 Å². The molecule has 0 aromatic heterocycles. The van der Waals surface area contributed by atoms with Crippen molar-refractivity contribution in [1.82, 2.24) is 0 Å². The Bertz CT molecular complexity index is 1020. The Hall–Kier alpha value is -2.96. The number of methoxy groups -OCH3 is 1. The second-order valence-corrected chi connectivity index (χ2v) is 7.89. The number of amides is 1. The van der Waals surface area contributed by atoms with Crippen LogP contribution in [0.3, 0.4) is 0 Å². The minimum Gasteiger partial charge on any atom is -0.507 e. The molecule has 1 atom stereocenters. The van der Waals surface area contributed by atoms with Crippen LogP contribution < -0.4 is 10.6 Å². The molecule has 6 nitrogen and oxygen atoms in total. The first-order valence-corrected chi connectivity index (χ1v) is 10.4. The summed E-state index contributed by atoms with van der Waals surface area (Å²) in [5.74, 6) is 0.255. The van der Waals surface area contributed by atoms with Crippen LogP contribution in [0.4, 0.5) is 11.4 Å². The molecule has 2 aromatic carbocycles. The topological polar surface area (TPSA) is 79.8 Å². The molecule has 0 saturated heterocycles. The molecule has 2 aromatic rings. The number of carbonyl (C=O) groups is 1. The van der Waals surface area contributed by atoms with Crippen LogP contribution >= 0.6 is 11.6 Å². The zero-order chi connectivity index (χ0) is 22.4. The number of benzene rings is 2. The number of phenolic OH excluding ortho intramolecular Hbond substituents is 1. The molecule has 0 saturated carbocycles. The van der Waals surface area contributed by atoms with Crippen LogP contribution in [-0.4, -0.2) is 36.9 Å². The van der Waals surface area contributed by atoms with Crippen molar-refractivity contribution in [2.24, 2.45) is 0 Å². The fourth-order valence-electron chi connectivity index (χ4n) is 3.61. The number of aromatic hydroxyl groups is 1. The van der Waals surface area contributed by atoms with Gasteiger partial charge in [-0.2, -0.15) is 0 Å². The highest BCUT2D eigenvalue weighted by Crippen LogP contribution is 2.33. The third-order valence-electron chi connectivity index (χ3n) is 5.08. The summed E-state index contributed by atoms with van der Waals surface area (Å²) >= 11 is 5.94. The lowest BCUT2D eigenvalue weighted by atomic mass is 9.89. The lowest BCUT2D eigenvalue weighted by Crippen LogP contribution is -2.35. The molecule has 0 bridgehead atoms. The maximum absolute atomic E-state index is 12.5. The van der Waals surface area contributed by atoms with Crippen LogP contribution in [0.5, 0.6) is 5.75 Å². The quantitative estimate of drug-likeness (QED) is 0.512. The third kappa shape index (κ3) is 5.60. The fraction of sp³-hybridized carbons (Fsp3) is 0.292. The molecule has 0 fully saturated rings. The van der Waals surface area contributed by atoms with Crippen LogP contribution in [0, 0.1) is 0 Å². The summed E-state index contributed by atoms with van der Waals surface area (Å²) in [5, 5.41) is 16.5. The van der Waals surface area contributed by atoms with E-state index in [1.165, 1.54) is 23.8 Å². The van der Waals surface area contributed by atoms with Crippen LogP contribution in [0.15, 0.2) is 65.9 Å². The van der Waals surface area contributed by atoms with Crippen molar-refractivity contribution in [3.63, 3.8) is 0 Å². The number of halogens is 1. The van der Waals surface area contributed by atoms with Gasteiger partial charge in [-0.05, 0) is 61.9 Å². The molecule has 164 valence electrons. The molecule has 0 heterocycles. The molecular weight excluding hydrogens is 416 g/mol. The molecule has 0 radical (unpaired) electrons. The van der Waals surface area contributed by atoms with Gasteiger partial charge in [0.05, 0.1) is 12.7 Å². The molecule has 31 heavy (non-hydrogen) atoms. The lowest BCUT2D eigenvalue weighted by Gasteiger charge is -2.34. The van der Waals surface area contributed by atoms with E-state index in [1.807, 2.05) is 44.2 Å². The largest absolute Gasteiger partial charge is 0.507 e. The number of phenols is 1. The van der Waals surface area contributed by atoms with E-state index < -0.39 is 11.5 Å². The van der Waals surface area contributed by atoms with Crippen LogP contribution in [-0.2, 0) is 9.47 Å². The third-order valence-corrected chi connectivity index (χ3v) is 5.32. The summed E-state index contributed by atoms with van der Waals surface area (Å²) in [6.07, 6.45) is 4.71. The van der Waals surface area contributed by atoms with E-state index in [1.54, 1.807) is 13.2 Å². The van der Waals surface area contributed by atoms with Gasteiger partial charge in [0.1, 0.15) is 17.1 Å². The monoisotopic (exact) mass is 442 g/mol. The van der Waals surface area contributed by atoms with Gasteiger partial charge in [0.15, 0.2) is 0 Å². The van der Waals surface area contributed by atoms with E-state index in [0.29, 0.717) is 23.9 Å². The number of hydrogen-bond donors (Lipinski definition) is 3. The second-order valence-electron chi connectivity index (χ2n) is 7.45. The number of hydrogen-bond acceptors (Lipinski definition) is 5. The maximum Gasteiger partial charge on any atom is 0.259 e. The smallest absolute Gasteiger partial charge is 0.259 e. The number of nitrogens with one attached hydrogen (secondary N) is 2. The van der Waals surface area contributed by atoms with Gasteiger partial charge in [-0.15, -0.1) is 0 Å². The van der Waals surface area contributed by atoms with Crippen molar-refractivity contribution in [2.75, 3.05) is 30.9 Å². The van der Waals surface area contributed by atoms with E-state index in [-0.39, 0.29) is 11.3 Å². The number of rotatable bonds is 8. The summed E-state index contributed by atoms with van der Waals surface area (Å²) in [6.45, 7) is 5.22. The number of allylic oxidation sites excluding steroid dienone is 2. The number of anilines is 2. The van der Waals surface area contributed by atoms with Gasteiger partial charge in [-0.25, -0.2) is 0 Å². The van der Waals surface area contributed by atoms with Crippen LogP contribution in [0.25, 0.3) is 0 Å². The highest BCUT2D eigenvalue weighted by Gasteiger charge is 2.34. The van der Waals surface area contributed by atoms with E-state index >= 15 is 0 Å². The van der Waals surface area contributed by atoms with Crippen molar-refractivity contribution in [1.29, 1.82) is 0 Å². The van der Waals surface area contributed by atoms with Gasteiger partial charge in [-0.3, -0.25) is 4.79 Å². The molecule has 1 aliphatic rings. The van der Waals surface area contributed by atoms with Crippen molar-refractivity contribution in [3.8, 4) is 5.75 Å². The van der Waals surface area contributed by atoms with Gasteiger partial charge in [0.25, 0.3) is 5.91 Å². The molecule has 1 unspecified atom stereocenters. The van der Waals surface area contributed by atoms with E-state index in [9.17, 15) is 9.90 Å². The van der Waals surface area contributed by atoms with Crippen molar-refractivity contribution in [3.05, 3.63) is 76.5 Å². The summed E-state index contributed by atoms with van der Waals surface area (Å²) < 4.78 is 11.4. The Morgan fingerprint density at radius 3 is 2.71 bits per heavy atom. The van der Waals surface area contributed by atoms with Crippen molar-refractivity contribution < 1.29 is 19.4 Å². The van der Waals surface area contributed by atoms with Gasteiger partial charge < -0.3 is 25.2 Å². The first kappa shape index (κ1) is 22.7. The Balaban J connectivity index is 1.66. The fourth-order valence-corrected chi connectivity index (χ4v) is 3.78. The summed E-state index contributed by atoms with van der Waals surface area (Å²) in [5.41, 5.74) is 2.27. The zero-order valence-corrected chi connectivity index (χ0v) is 18.6. The maximum atomic E-state index is 12.5. The van der Waals surface area contributed by atoms with E-state index in [0.717, 1.165) is 17.9 Å². The minimum atomic E-state index is -0.482. The number of carbonyl (C=O) groups excluding carboxylic acids is 1. The molecule has 3 N–H and O–H groups in total. The molecule has 7 heteroatoms. The van der Waals surface area contributed by atoms with Gasteiger partial charge >= 0.3 is 0 Å². The summed E-state index contributed by atoms with van der Waals surface area (Å²) in [7, 11) is 1.66. The Morgan fingerprint density at radius 2 is 1.97 bits per heavy atom. The molecule has 3 rings (SSSR count).